The Hall–Kier alpha value is -2.02. The fourth-order valence-corrected chi connectivity index (χ4v) is 2.20. The number of nitrogens with zero attached hydrogens (tertiary/aromatic N) is 2. The molecule has 1 aromatic carbocycles. The van der Waals surface area contributed by atoms with Crippen LogP contribution in [0.2, 0.25) is 0 Å². The summed E-state index contributed by atoms with van der Waals surface area (Å²) in [7, 11) is 0. The van der Waals surface area contributed by atoms with E-state index in [-0.39, 0.29) is 11.4 Å². The molecular weight excluding hydrogens is 318 g/mol. The SMILES string of the molecule is Nc1ccc2[nH]c(-c3c(F)cc(Br)cc3F)nc2n1. The summed E-state index contributed by atoms with van der Waals surface area (Å²) in [4.78, 5) is 10.8. The Balaban J connectivity index is 2.24. The summed E-state index contributed by atoms with van der Waals surface area (Å²) >= 11 is 3.02. The van der Waals surface area contributed by atoms with Crippen LogP contribution in [0.3, 0.4) is 0 Å². The van der Waals surface area contributed by atoms with E-state index in [1.54, 1.807) is 12.1 Å². The Kier molecular flexibility index (Phi) is 2.70. The van der Waals surface area contributed by atoms with Gasteiger partial charge in [0.25, 0.3) is 0 Å². The van der Waals surface area contributed by atoms with Crippen molar-refractivity contribution in [3.63, 3.8) is 0 Å². The van der Waals surface area contributed by atoms with Gasteiger partial charge in [-0.1, -0.05) is 15.9 Å². The van der Waals surface area contributed by atoms with Crippen LogP contribution in [-0.4, -0.2) is 15.0 Å². The minimum Gasteiger partial charge on any atom is -0.384 e. The summed E-state index contributed by atoms with van der Waals surface area (Å²) in [5.74, 6) is -1.05. The highest BCUT2D eigenvalue weighted by Gasteiger charge is 2.16. The molecule has 96 valence electrons. The van der Waals surface area contributed by atoms with Crippen molar-refractivity contribution in [2.24, 2.45) is 0 Å². The Morgan fingerprint density at radius 1 is 1.11 bits per heavy atom. The zero-order valence-corrected chi connectivity index (χ0v) is 11.0. The average molecular weight is 325 g/mol. The number of nitrogens with one attached hydrogen (secondary N) is 1. The highest BCUT2D eigenvalue weighted by molar-refractivity contribution is 9.10. The van der Waals surface area contributed by atoms with Crippen LogP contribution in [0.4, 0.5) is 14.6 Å². The van der Waals surface area contributed by atoms with Gasteiger partial charge in [0.2, 0.25) is 0 Å². The number of H-pyrrole nitrogens is 1. The lowest BCUT2D eigenvalue weighted by atomic mass is 10.2. The van der Waals surface area contributed by atoms with Crippen LogP contribution in [0.5, 0.6) is 0 Å². The molecule has 2 aromatic heterocycles. The van der Waals surface area contributed by atoms with Gasteiger partial charge in [0.15, 0.2) is 5.65 Å². The molecule has 0 unspecified atom stereocenters. The van der Waals surface area contributed by atoms with Crippen LogP contribution in [0.25, 0.3) is 22.6 Å². The minimum absolute atomic E-state index is 0.0793. The third-order valence-corrected chi connectivity index (χ3v) is 3.07. The zero-order valence-electron chi connectivity index (χ0n) is 9.42. The summed E-state index contributed by atoms with van der Waals surface area (Å²) in [6.45, 7) is 0. The van der Waals surface area contributed by atoms with E-state index >= 15 is 0 Å². The largest absolute Gasteiger partial charge is 0.384 e. The summed E-state index contributed by atoms with van der Waals surface area (Å²) in [5.41, 5.74) is 6.19. The van der Waals surface area contributed by atoms with Crippen LogP contribution < -0.4 is 5.73 Å². The fourth-order valence-electron chi connectivity index (χ4n) is 1.79. The average Bonchev–Trinajstić information content (AvgIpc) is 2.69. The second kappa shape index (κ2) is 4.27. The van der Waals surface area contributed by atoms with E-state index in [0.717, 1.165) is 0 Å². The molecule has 0 aliphatic rings. The molecule has 3 N–H and O–H groups in total. The maximum atomic E-state index is 13.8. The summed E-state index contributed by atoms with van der Waals surface area (Å²) in [5, 5.41) is 0. The molecule has 0 saturated carbocycles. The van der Waals surface area contributed by atoms with Gasteiger partial charge in [0, 0.05) is 4.47 Å². The lowest BCUT2D eigenvalue weighted by Gasteiger charge is -2.02. The molecule has 0 bridgehead atoms. The molecule has 0 aliphatic carbocycles. The number of pyridine rings is 1. The van der Waals surface area contributed by atoms with Gasteiger partial charge in [-0.25, -0.2) is 18.7 Å². The molecule has 4 nitrogen and oxygen atoms in total. The van der Waals surface area contributed by atoms with Gasteiger partial charge < -0.3 is 10.7 Å². The first-order valence-corrected chi connectivity index (χ1v) is 6.11. The normalized spacial score (nSPS) is 11.1. The van der Waals surface area contributed by atoms with E-state index in [2.05, 4.69) is 30.9 Å². The number of halogens is 3. The molecule has 7 heteroatoms. The molecule has 0 spiro atoms. The molecule has 0 atom stereocenters. The number of aromatic nitrogens is 3. The standard InChI is InChI=1S/C12H7BrF2N4/c13-5-3-6(14)10(7(15)4-5)12-17-8-1-2-9(16)18-11(8)19-12/h1-4H,(H3,16,17,18,19). The van der Waals surface area contributed by atoms with Crippen molar-refractivity contribution in [3.8, 4) is 11.4 Å². The maximum absolute atomic E-state index is 13.8. The highest BCUT2D eigenvalue weighted by Crippen LogP contribution is 2.28. The first-order valence-electron chi connectivity index (χ1n) is 5.32. The molecule has 3 rings (SSSR count). The van der Waals surface area contributed by atoms with Gasteiger partial charge >= 0.3 is 0 Å². The van der Waals surface area contributed by atoms with Gasteiger partial charge in [-0.3, -0.25) is 0 Å². The van der Waals surface area contributed by atoms with Gasteiger partial charge in [0.05, 0.1) is 11.1 Å². The minimum atomic E-state index is -0.709. The number of hydrogen-bond donors (Lipinski definition) is 2. The van der Waals surface area contributed by atoms with Crippen molar-refractivity contribution < 1.29 is 8.78 Å². The summed E-state index contributed by atoms with van der Waals surface area (Å²) < 4.78 is 28.0. The summed E-state index contributed by atoms with van der Waals surface area (Å²) in [6, 6.07) is 5.59. The number of aromatic amines is 1. The predicted molar refractivity (Wildman–Crippen MR) is 71.4 cm³/mol. The quantitative estimate of drug-likeness (QED) is 0.722. The number of benzene rings is 1. The third kappa shape index (κ3) is 2.06. The highest BCUT2D eigenvalue weighted by atomic mass is 79.9. The fraction of sp³-hybridized carbons (Fsp3) is 0. The topological polar surface area (TPSA) is 67.6 Å². The van der Waals surface area contributed by atoms with Gasteiger partial charge in [-0.05, 0) is 24.3 Å². The van der Waals surface area contributed by atoms with Crippen LogP contribution in [0.15, 0.2) is 28.7 Å². The Morgan fingerprint density at radius 3 is 2.47 bits per heavy atom. The van der Waals surface area contributed by atoms with E-state index in [9.17, 15) is 8.78 Å². The monoisotopic (exact) mass is 324 g/mol. The number of anilines is 1. The molecule has 0 fully saturated rings. The predicted octanol–water partition coefficient (Wildman–Crippen LogP) is 3.25. The Labute approximate surface area is 114 Å². The molecule has 0 radical (unpaired) electrons. The molecule has 0 amide bonds. The smallest absolute Gasteiger partial charge is 0.180 e. The lowest BCUT2D eigenvalue weighted by Crippen LogP contribution is -1.92. The number of nitrogen functional groups attached to an aromatic ring is 1. The van der Waals surface area contributed by atoms with Crippen LogP contribution >= 0.6 is 15.9 Å². The molecule has 19 heavy (non-hydrogen) atoms. The van der Waals surface area contributed by atoms with E-state index < -0.39 is 11.6 Å². The number of imidazole rings is 1. The van der Waals surface area contributed by atoms with Crippen LogP contribution in [0, 0.1) is 11.6 Å². The van der Waals surface area contributed by atoms with Crippen LogP contribution in [0.1, 0.15) is 0 Å². The number of nitrogens with two attached hydrogens (primary N) is 1. The second-order valence-electron chi connectivity index (χ2n) is 3.94. The molecule has 2 heterocycles. The van der Waals surface area contributed by atoms with Gasteiger partial charge in [-0.2, -0.15) is 0 Å². The lowest BCUT2D eigenvalue weighted by molar-refractivity contribution is 0.586. The first kappa shape index (κ1) is 12.0. The Bertz CT molecular complexity index is 761. The van der Waals surface area contributed by atoms with E-state index in [1.165, 1.54) is 12.1 Å². The van der Waals surface area contributed by atoms with Crippen molar-refractivity contribution >= 4 is 32.9 Å². The second-order valence-corrected chi connectivity index (χ2v) is 4.85. The van der Waals surface area contributed by atoms with Crippen molar-refractivity contribution in [1.82, 2.24) is 15.0 Å². The van der Waals surface area contributed by atoms with E-state index in [4.69, 9.17) is 5.73 Å². The van der Waals surface area contributed by atoms with Gasteiger partial charge in [0.1, 0.15) is 23.3 Å². The summed E-state index contributed by atoms with van der Waals surface area (Å²) in [6.07, 6.45) is 0. The number of rotatable bonds is 1. The molecular formula is C12H7BrF2N4. The van der Waals surface area contributed by atoms with Crippen molar-refractivity contribution in [1.29, 1.82) is 0 Å². The third-order valence-electron chi connectivity index (χ3n) is 2.61. The van der Waals surface area contributed by atoms with Crippen molar-refractivity contribution in [3.05, 3.63) is 40.4 Å². The number of fused-ring (bicyclic) bond motifs is 1. The maximum Gasteiger partial charge on any atom is 0.180 e. The zero-order chi connectivity index (χ0) is 13.6. The van der Waals surface area contributed by atoms with Gasteiger partial charge in [-0.15, -0.1) is 0 Å². The van der Waals surface area contributed by atoms with Crippen LogP contribution in [-0.2, 0) is 0 Å². The van der Waals surface area contributed by atoms with E-state index in [0.29, 0.717) is 21.5 Å². The van der Waals surface area contributed by atoms with Crippen molar-refractivity contribution in [2.45, 2.75) is 0 Å². The molecule has 3 aromatic rings. The van der Waals surface area contributed by atoms with E-state index in [1.807, 2.05) is 0 Å². The molecule has 0 aliphatic heterocycles. The number of hydrogen-bond acceptors (Lipinski definition) is 3. The van der Waals surface area contributed by atoms with Crippen molar-refractivity contribution in [2.75, 3.05) is 5.73 Å². The Morgan fingerprint density at radius 2 is 1.79 bits per heavy atom. The molecule has 0 saturated heterocycles. The first-order chi connectivity index (χ1) is 9.04.